The molecule has 25 heavy (non-hydrogen) atoms. The van der Waals surface area contributed by atoms with Crippen LogP contribution >= 0.6 is 15.9 Å². The van der Waals surface area contributed by atoms with E-state index in [9.17, 15) is 4.79 Å². The van der Waals surface area contributed by atoms with Crippen LogP contribution in [0.3, 0.4) is 0 Å². The predicted molar refractivity (Wildman–Crippen MR) is 99.8 cm³/mol. The molecule has 0 aliphatic heterocycles. The fourth-order valence-electron chi connectivity index (χ4n) is 2.78. The molecule has 7 heteroatoms. The predicted octanol–water partition coefficient (Wildman–Crippen LogP) is 3.84. The minimum absolute atomic E-state index is 0.331. The van der Waals surface area contributed by atoms with Crippen molar-refractivity contribution in [1.29, 1.82) is 0 Å². The summed E-state index contributed by atoms with van der Waals surface area (Å²) < 4.78 is 7.87. The number of esters is 1. The van der Waals surface area contributed by atoms with Crippen LogP contribution in [0.4, 0.5) is 5.82 Å². The summed E-state index contributed by atoms with van der Waals surface area (Å²) in [6, 6.07) is 8.07. The first-order chi connectivity index (χ1) is 12.1. The Hall–Kier alpha value is -2.41. The number of nitrogens with zero attached hydrogens (tertiary/aromatic N) is 3. The van der Waals surface area contributed by atoms with Crippen LogP contribution in [0.2, 0.25) is 0 Å². The van der Waals surface area contributed by atoms with E-state index in [0.29, 0.717) is 31.0 Å². The first kappa shape index (κ1) is 17.4. The number of rotatable bonds is 6. The van der Waals surface area contributed by atoms with E-state index in [4.69, 9.17) is 4.74 Å². The molecule has 0 spiro atoms. The van der Waals surface area contributed by atoms with Crippen molar-refractivity contribution < 1.29 is 9.53 Å². The molecule has 0 unspecified atom stereocenters. The fourth-order valence-corrected chi connectivity index (χ4v) is 3.22. The third kappa shape index (κ3) is 3.66. The molecule has 0 atom stereocenters. The molecular formula is C18H19BrN4O2. The highest BCUT2D eigenvalue weighted by Crippen LogP contribution is 2.25. The normalized spacial score (nSPS) is 10.8. The van der Waals surface area contributed by atoms with Crippen molar-refractivity contribution >= 4 is 33.2 Å². The lowest BCUT2D eigenvalue weighted by molar-refractivity contribution is 0.0525. The van der Waals surface area contributed by atoms with E-state index in [0.717, 1.165) is 21.1 Å². The van der Waals surface area contributed by atoms with Crippen molar-refractivity contribution in [3.05, 3.63) is 58.0 Å². The molecule has 6 nitrogen and oxygen atoms in total. The van der Waals surface area contributed by atoms with E-state index < -0.39 is 0 Å². The molecular weight excluding hydrogens is 384 g/mol. The lowest BCUT2D eigenvalue weighted by atomic mass is 10.1. The van der Waals surface area contributed by atoms with Crippen molar-refractivity contribution in [2.24, 2.45) is 0 Å². The van der Waals surface area contributed by atoms with Crippen LogP contribution in [0.5, 0.6) is 0 Å². The second-order valence-corrected chi connectivity index (χ2v) is 6.40. The van der Waals surface area contributed by atoms with Gasteiger partial charge in [-0.3, -0.25) is 0 Å². The van der Waals surface area contributed by atoms with Crippen molar-refractivity contribution in [1.82, 2.24) is 14.6 Å². The number of anilines is 1. The highest BCUT2D eigenvalue weighted by molar-refractivity contribution is 9.10. The van der Waals surface area contributed by atoms with Gasteiger partial charge in [0.25, 0.3) is 0 Å². The van der Waals surface area contributed by atoms with Crippen molar-refractivity contribution in [3.8, 4) is 0 Å². The van der Waals surface area contributed by atoms with Crippen LogP contribution in [0.15, 0.2) is 41.3 Å². The minimum atomic E-state index is -0.331. The van der Waals surface area contributed by atoms with E-state index in [-0.39, 0.29) is 5.97 Å². The Bertz CT molecular complexity index is 907. The van der Waals surface area contributed by atoms with Gasteiger partial charge < -0.3 is 10.1 Å². The number of ether oxygens (including phenoxy) is 1. The van der Waals surface area contributed by atoms with Gasteiger partial charge in [-0.05, 0) is 36.6 Å². The summed E-state index contributed by atoms with van der Waals surface area (Å²) >= 11 is 3.48. The second-order valence-electron chi connectivity index (χ2n) is 5.48. The summed E-state index contributed by atoms with van der Waals surface area (Å²) in [6.45, 7) is 4.76. The number of carbonyl (C=O) groups excluding carboxylic acids is 1. The molecule has 0 saturated heterocycles. The minimum Gasteiger partial charge on any atom is -0.462 e. The van der Waals surface area contributed by atoms with Crippen LogP contribution in [-0.4, -0.2) is 27.2 Å². The molecule has 2 aromatic heterocycles. The summed E-state index contributed by atoms with van der Waals surface area (Å²) in [5, 5.41) is 7.58. The lowest BCUT2D eigenvalue weighted by Gasteiger charge is -2.09. The van der Waals surface area contributed by atoms with Gasteiger partial charge in [0.1, 0.15) is 11.8 Å². The van der Waals surface area contributed by atoms with Crippen LogP contribution in [0.1, 0.15) is 35.3 Å². The Labute approximate surface area is 154 Å². The van der Waals surface area contributed by atoms with Gasteiger partial charge in [-0.25, -0.2) is 14.3 Å². The molecule has 0 bridgehead atoms. The molecule has 1 N–H and O–H groups in total. The highest BCUT2D eigenvalue weighted by Gasteiger charge is 2.20. The maximum Gasteiger partial charge on any atom is 0.340 e. The maximum absolute atomic E-state index is 12.2. The van der Waals surface area contributed by atoms with Crippen molar-refractivity contribution in [2.45, 2.75) is 26.8 Å². The zero-order chi connectivity index (χ0) is 17.8. The number of hydrogen-bond donors (Lipinski definition) is 1. The van der Waals surface area contributed by atoms with Crippen molar-refractivity contribution in [2.75, 3.05) is 11.9 Å². The van der Waals surface area contributed by atoms with E-state index in [1.807, 2.05) is 31.2 Å². The first-order valence-corrected chi connectivity index (χ1v) is 8.94. The third-order valence-electron chi connectivity index (χ3n) is 3.88. The van der Waals surface area contributed by atoms with Gasteiger partial charge in [0.15, 0.2) is 5.82 Å². The molecule has 0 radical (unpaired) electrons. The van der Waals surface area contributed by atoms with Gasteiger partial charge in [-0.2, -0.15) is 5.10 Å². The maximum atomic E-state index is 12.2. The summed E-state index contributed by atoms with van der Waals surface area (Å²) in [7, 11) is 0. The number of aryl methyl sites for hydroxylation is 1. The summed E-state index contributed by atoms with van der Waals surface area (Å²) in [4.78, 5) is 16.6. The van der Waals surface area contributed by atoms with E-state index in [2.05, 4.69) is 31.3 Å². The first-order valence-electron chi connectivity index (χ1n) is 8.14. The summed E-state index contributed by atoms with van der Waals surface area (Å²) in [5.74, 6) is 0.366. The molecule has 0 fully saturated rings. The molecule has 0 saturated carbocycles. The smallest absolute Gasteiger partial charge is 0.340 e. The molecule has 3 aromatic rings. The van der Waals surface area contributed by atoms with Crippen LogP contribution < -0.4 is 5.32 Å². The monoisotopic (exact) mass is 402 g/mol. The van der Waals surface area contributed by atoms with E-state index >= 15 is 0 Å². The van der Waals surface area contributed by atoms with Crippen molar-refractivity contribution in [3.63, 3.8) is 0 Å². The fraction of sp³-hybridized carbons (Fsp3) is 0.278. The Morgan fingerprint density at radius 2 is 2.20 bits per heavy atom. The topological polar surface area (TPSA) is 68.5 Å². The summed E-state index contributed by atoms with van der Waals surface area (Å²) in [5.41, 5.74) is 3.36. The Kier molecular flexibility index (Phi) is 5.33. The zero-order valence-corrected chi connectivity index (χ0v) is 15.7. The Morgan fingerprint density at radius 3 is 2.92 bits per heavy atom. The van der Waals surface area contributed by atoms with Gasteiger partial charge in [-0.1, -0.05) is 35.0 Å². The molecule has 0 aliphatic carbocycles. The van der Waals surface area contributed by atoms with Crippen LogP contribution in [0.25, 0.3) is 5.52 Å². The average Bonchev–Trinajstić information content (AvgIpc) is 2.99. The Morgan fingerprint density at radius 1 is 1.36 bits per heavy atom. The zero-order valence-electron chi connectivity index (χ0n) is 14.1. The van der Waals surface area contributed by atoms with E-state index in [1.165, 1.54) is 6.33 Å². The van der Waals surface area contributed by atoms with Gasteiger partial charge in [0.05, 0.1) is 12.2 Å². The Balaban J connectivity index is 1.96. The number of halogens is 1. The molecule has 130 valence electrons. The number of benzene rings is 1. The number of hydrogen-bond acceptors (Lipinski definition) is 5. The molecule has 0 amide bonds. The van der Waals surface area contributed by atoms with Crippen LogP contribution in [0, 0.1) is 0 Å². The van der Waals surface area contributed by atoms with Gasteiger partial charge >= 0.3 is 5.97 Å². The van der Waals surface area contributed by atoms with E-state index in [1.54, 1.807) is 17.6 Å². The van der Waals surface area contributed by atoms with Gasteiger partial charge in [0, 0.05) is 17.2 Å². The highest BCUT2D eigenvalue weighted by atomic mass is 79.9. The van der Waals surface area contributed by atoms with Gasteiger partial charge in [-0.15, -0.1) is 0 Å². The molecule has 2 heterocycles. The molecule has 0 aliphatic rings. The van der Waals surface area contributed by atoms with Gasteiger partial charge in [0.2, 0.25) is 0 Å². The number of nitrogens with one attached hydrogen (secondary N) is 1. The largest absolute Gasteiger partial charge is 0.462 e. The third-order valence-corrected chi connectivity index (χ3v) is 4.37. The quantitative estimate of drug-likeness (QED) is 0.634. The molecule has 1 aromatic carbocycles. The number of fused-ring (bicyclic) bond motifs is 1. The average molecular weight is 403 g/mol. The lowest BCUT2D eigenvalue weighted by Crippen LogP contribution is -2.06. The standard InChI is InChI=1S/C18H19BrN4O2/c1-3-14-15(18(24)25-4-2)10-23-16(14)17(21-11-22-23)20-9-12-6-5-7-13(19)8-12/h5-8,10-11H,3-4,9H2,1-2H3,(H,20,21,22). The second kappa shape index (κ2) is 7.65. The summed E-state index contributed by atoms with van der Waals surface area (Å²) in [6.07, 6.45) is 3.87. The SMILES string of the molecule is CCOC(=O)c1cn2ncnc(NCc3cccc(Br)c3)c2c1CC. The number of aromatic nitrogens is 3. The number of carbonyl (C=O) groups is 1. The van der Waals surface area contributed by atoms with Crippen LogP contribution in [-0.2, 0) is 17.7 Å². The molecule has 3 rings (SSSR count).